The molecule has 1 aromatic heterocycles. The Bertz CT molecular complexity index is 193. The molecule has 1 aromatic rings. The first kappa shape index (κ1) is 7.21. The van der Waals surface area contributed by atoms with E-state index in [0.717, 1.165) is 24.5 Å². The SMILES string of the molecule is CCNCc1[nH]nnc1C. The van der Waals surface area contributed by atoms with Crippen molar-refractivity contribution in [3.05, 3.63) is 11.4 Å². The molecular formula is C6H12N4. The lowest BCUT2D eigenvalue weighted by atomic mass is 10.3. The summed E-state index contributed by atoms with van der Waals surface area (Å²) in [6.07, 6.45) is 0. The van der Waals surface area contributed by atoms with E-state index in [1.165, 1.54) is 0 Å². The Morgan fingerprint density at radius 3 is 2.90 bits per heavy atom. The minimum absolute atomic E-state index is 0.829. The molecule has 4 heteroatoms. The molecule has 56 valence electrons. The van der Waals surface area contributed by atoms with Crippen LogP contribution in [0.2, 0.25) is 0 Å². The summed E-state index contributed by atoms with van der Waals surface area (Å²) in [7, 11) is 0. The van der Waals surface area contributed by atoms with Crippen molar-refractivity contribution >= 4 is 0 Å². The van der Waals surface area contributed by atoms with Crippen LogP contribution in [0.4, 0.5) is 0 Å². The first-order valence-corrected chi connectivity index (χ1v) is 3.41. The largest absolute Gasteiger partial charge is 0.311 e. The lowest BCUT2D eigenvalue weighted by Gasteiger charge is -1.96. The highest BCUT2D eigenvalue weighted by molar-refractivity contribution is 5.04. The fraction of sp³-hybridized carbons (Fsp3) is 0.667. The minimum atomic E-state index is 0.829. The molecule has 0 aliphatic heterocycles. The Hall–Kier alpha value is -0.900. The summed E-state index contributed by atoms with van der Waals surface area (Å²) in [6, 6.07) is 0. The minimum Gasteiger partial charge on any atom is -0.311 e. The maximum absolute atomic E-state index is 3.82. The van der Waals surface area contributed by atoms with Gasteiger partial charge < -0.3 is 5.32 Å². The second-order valence-electron chi connectivity index (χ2n) is 2.16. The second kappa shape index (κ2) is 3.31. The molecule has 0 unspecified atom stereocenters. The summed E-state index contributed by atoms with van der Waals surface area (Å²) in [4.78, 5) is 0. The van der Waals surface area contributed by atoms with Crippen LogP contribution in [0, 0.1) is 6.92 Å². The number of hydrogen-bond acceptors (Lipinski definition) is 3. The van der Waals surface area contributed by atoms with Gasteiger partial charge in [0.05, 0.1) is 11.4 Å². The van der Waals surface area contributed by atoms with E-state index < -0.39 is 0 Å². The van der Waals surface area contributed by atoms with Gasteiger partial charge in [-0.15, -0.1) is 5.10 Å². The van der Waals surface area contributed by atoms with Gasteiger partial charge >= 0.3 is 0 Å². The third-order valence-corrected chi connectivity index (χ3v) is 1.37. The molecule has 1 rings (SSSR count). The molecule has 0 radical (unpaired) electrons. The zero-order valence-corrected chi connectivity index (χ0v) is 6.31. The molecule has 0 aromatic carbocycles. The molecular weight excluding hydrogens is 128 g/mol. The topological polar surface area (TPSA) is 53.6 Å². The fourth-order valence-electron chi connectivity index (χ4n) is 0.719. The van der Waals surface area contributed by atoms with Gasteiger partial charge in [-0.05, 0) is 13.5 Å². The van der Waals surface area contributed by atoms with Gasteiger partial charge in [0, 0.05) is 6.54 Å². The second-order valence-corrected chi connectivity index (χ2v) is 2.16. The summed E-state index contributed by atoms with van der Waals surface area (Å²) < 4.78 is 0. The van der Waals surface area contributed by atoms with Crippen LogP contribution >= 0.6 is 0 Å². The molecule has 0 aliphatic rings. The Balaban J connectivity index is 2.49. The van der Waals surface area contributed by atoms with Crippen LogP contribution in [0.15, 0.2) is 0 Å². The van der Waals surface area contributed by atoms with E-state index >= 15 is 0 Å². The molecule has 0 saturated heterocycles. The van der Waals surface area contributed by atoms with Gasteiger partial charge in [0.25, 0.3) is 0 Å². The maximum Gasteiger partial charge on any atom is 0.0838 e. The van der Waals surface area contributed by atoms with Gasteiger partial charge in [-0.1, -0.05) is 12.1 Å². The van der Waals surface area contributed by atoms with Gasteiger partial charge in [-0.2, -0.15) is 0 Å². The average molecular weight is 140 g/mol. The van der Waals surface area contributed by atoms with Crippen molar-refractivity contribution in [3.8, 4) is 0 Å². The van der Waals surface area contributed by atoms with E-state index in [1.807, 2.05) is 6.92 Å². The lowest BCUT2D eigenvalue weighted by molar-refractivity contribution is 0.704. The highest BCUT2D eigenvalue weighted by atomic mass is 15.3. The van der Waals surface area contributed by atoms with E-state index in [-0.39, 0.29) is 0 Å². The fourth-order valence-corrected chi connectivity index (χ4v) is 0.719. The van der Waals surface area contributed by atoms with E-state index in [1.54, 1.807) is 0 Å². The van der Waals surface area contributed by atoms with Crippen molar-refractivity contribution in [2.24, 2.45) is 0 Å². The van der Waals surface area contributed by atoms with E-state index in [4.69, 9.17) is 0 Å². The molecule has 0 amide bonds. The van der Waals surface area contributed by atoms with E-state index in [0.29, 0.717) is 0 Å². The standard InChI is InChI=1S/C6H12N4/c1-3-7-4-6-5(2)8-10-9-6/h7H,3-4H2,1-2H3,(H,8,9,10). The van der Waals surface area contributed by atoms with Crippen molar-refractivity contribution < 1.29 is 0 Å². The lowest BCUT2D eigenvalue weighted by Crippen LogP contribution is -2.12. The Morgan fingerprint density at radius 1 is 1.60 bits per heavy atom. The summed E-state index contributed by atoms with van der Waals surface area (Å²) in [5.74, 6) is 0. The van der Waals surface area contributed by atoms with Crippen LogP contribution in [0.25, 0.3) is 0 Å². The third kappa shape index (κ3) is 1.54. The van der Waals surface area contributed by atoms with Crippen LogP contribution < -0.4 is 5.32 Å². The van der Waals surface area contributed by atoms with Crippen LogP contribution in [-0.4, -0.2) is 22.0 Å². The average Bonchev–Trinajstić information content (AvgIpc) is 2.31. The Morgan fingerprint density at radius 2 is 2.40 bits per heavy atom. The number of aromatic amines is 1. The van der Waals surface area contributed by atoms with Crippen molar-refractivity contribution in [2.45, 2.75) is 20.4 Å². The molecule has 0 bridgehead atoms. The molecule has 0 saturated carbocycles. The quantitative estimate of drug-likeness (QED) is 0.631. The van der Waals surface area contributed by atoms with Crippen molar-refractivity contribution in [1.29, 1.82) is 0 Å². The Labute approximate surface area is 60.0 Å². The maximum atomic E-state index is 3.82. The third-order valence-electron chi connectivity index (χ3n) is 1.37. The molecule has 0 fully saturated rings. The number of aryl methyl sites for hydroxylation is 1. The van der Waals surface area contributed by atoms with Crippen molar-refractivity contribution in [3.63, 3.8) is 0 Å². The zero-order chi connectivity index (χ0) is 7.40. The molecule has 1 heterocycles. The molecule has 2 N–H and O–H groups in total. The number of aromatic nitrogens is 3. The summed E-state index contributed by atoms with van der Waals surface area (Å²) >= 11 is 0. The number of rotatable bonds is 3. The molecule has 10 heavy (non-hydrogen) atoms. The predicted molar refractivity (Wildman–Crippen MR) is 38.5 cm³/mol. The summed E-state index contributed by atoms with van der Waals surface area (Å²) in [5.41, 5.74) is 2.04. The van der Waals surface area contributed by atoms with Crippen molar-refractivity contribution in [2.75, 3.05) is 6.54 Å². The number of H-pyrrole nitrogens is 1. The van der Waals surface area contributed by atoms with Crippen LogP contribution in [0.5, 0.6) is 0 Å². The summed E-state index contributed by atoms with van der Waals surface area (Å²) in [6.45, 7) is 5.81. The van der Waals surface area contributed by atoms with Gasteiger partial charge in [-0.25, -0.2) is 0 Å². The molecule has 4 nitrogen and oxygen atoms in total. The zero-order valence-electron chi connectivity index (χ0n) is 6.31. The van der Waals surface area contributed by atoms with Crippen LogP contribution in [0.3, 0.4) is 0 Å². The first-order valence-electron chi connectivity index (χ1n) is 3.41. The molecule has 0 aliphatic carbocycles. The molecule has 0 atom stereocenters. The summed E-state index contributed by atoms with van der Waals surface area (Å²) in [5, 5.41) is 13.5. The van der Waals surface area contributed by atoms with Gasteiger partial charge in [-0.3, -0.25) is 5.10 Å². The van der Waals surface area contributed by atoms with Crippen LogP contribution in [0.1, 0.15) is 18.3 Å². The highest BCUT2D eigenvalue weighted by Gasteiger charge is 1.98. The number of nitrogens with zero attached hydrogens (tertiary/aromatic N) is 2. The predicted octanol–water partition coefficient (Wildman–Crippen LogP) is 0.223. The van der Waals surface area contributed by atoms with Crippen LogP contribution in [-0.2, 0) is 6.54 Å². The first-order chi connectivity index (χ1) is 4.84. The number of hydrogen-bond donors (Lipinski definition) is 2. The van der Waals surface area contributed by atoms with Gasteiger partial charge in [0.15, 0.2) is 0 Å². The Kier molecular flexibility index (Phi) is 2.39. The van der Waals surface area contributed by atoms with Gasteiger partial charge in [0.1, 0.15) is 0 Å². The van der Waals surface area contributed by atoms with Gasteiger partial charge in [0.2, 0.25) is 0 Å². The monoisotopic (exact) mass is 140 g/mol. The van der Waals surface area contributed by atoms with Crippen molar-refractivity contribution in [1.82, 2.24) is 20.7 Å². The number of nitrogens with one attached hydrogen (secondary N) is 2. The smallest absolute Gasteiger partial charge is 0.0838 e. The highest BCUT2D eigenvalue weighted by Crippen LogP contribution is 1.95. The van der Waals surface area contributed by atoms with E-state index in [2.05, 4.69) is 27.7 Å². The normalized spacial score (nSPS) is 10.2. The molecule has 0 spiro atoms. The van der Waals surface area contributed by atoms with E-state index in [9.17, 15) is 0 Å².